The molecule has 0 heterocycles. The molecular weight excluding hydrogens is 232 g/mol. The maximum Gasteiger partial charge on any atom is 0.242 e. The molecule has 6 nitrogen and oxygen atoms in total. The molecule has 0 unspecified atom stereocenters. The molecule has 1 rings (SSSR count). The van der Waals surface area contributed by atoms with Crippen LogP contribution < -0.4 is 5.32 Å². The van der Waals surface area contributed by atoms with Crippen molar-refractivity contribution in [3.8, 4) is 0 Å². The smallest absolute Gasteiger partial charge is 0.242 e. The third-order valence-electron chi connectivity index (χ3n) is 2.13. The second-order valence-corrected chi connectivity index (χ2v) is 3.62. The fourth-order valence-electron chi connectivity index (χ4n) is 1.31. The van der Waals surface area contributed by atoms with E-state index in [1.807, 2.05) is 13.0 Å². The fourth-order valence-corrected chi connectivity index (χ4v) is 1.31. The molecule has 0 aliphatic heterocycles. The van der Waals surface area contributed by atoms with Gasteiger partial charge in [0.1, 0.15) is 0 Å². The van der Waals surface area contributed by atoms with E-state index in [0.29, 0.717) is 5.69 Å². The molecule has 0 bridgehead atoms. The zero-order valence-electron chi connectivity index (χ0n) is 10.0. The van der Waals surface area contributed by atoms with Gasteiger partial charge in [0.25, 0.3) is 0 Å². The summed E-state index contributed by atoms with van der Waals surface area (Å²) < 4.78 is 0. The number of carbonyl (C=O) groups excluding carboxylic acids is 2. The molecule has 0 saturated heterocycles. The van der Waals surface area contributed by atoms with E-state index in [4.69, 9.17) is 5.53 Å². The quantitative estimate of drug-likeness (QED) is 0.383. The summed E-state index contributed by atoms with van der Waals surface area (Å²) in [6.45, 7) is 3.29. The Morgan fingerprint density at radius 1 is 1.44 bits per heavy atom. The molecule has 2 amide bonds. The van der Waals surface area contributed by atoms with Crippen molar-refractivity contribution in [3.63, 3.8) is 0 Å². The Kier molecular flexibility index (Phi) is 4.66. The van der Waals surface area contributed by atoms with Gasteiger partial charge >= 0.3 is 0 Å². The van der Waals surface area contributed by atoms with Crippen LogP contribution in [0.1, 0.15) is 18.1 Å². The summed E-state index contributed by atoms with van der Waals surface area (Å²) in [4.78, 5) is 24.3. The first-order chi connectivity index (χ1) is 8.52. The molecule has 92 valence electrons. The van der Waals surface area contributed by atoms with Crippen LogP contribution in [0.3, 0.4) is 0 Å². The van der Waals surface area contributed by atoms with E-state index in [1.54, 1.807) is 12.1 Å². The Morgan fingerprint density at radius 3 is 2.78 bits per heavy atom. The van der Waals surface area contributed by atoms with E-state index in [2.05, 4.69) is 15.3 Å². The predicted molar refractivity (Wildman–Crippen MR) is 68.7 cm³/mol. The van der Waals surface area contributed by atoms with Crippen molar-refractivity contribution in [3.05, 3.63) is 45.8 Å². The minimum absolute atomic E-state index is 0.163. The predicted octanol–water partition coefficient (Wildman–Crippen LogP) is 2.80. The number of rotatable bonds is 3. The number of benzene rings is 1. The first-order valence-corrected chi connectivity index (χ1v) is 5.18. The molecule has 0 radical (unpaired) electrons. The number of anilines is 1. The van der Waals surface area contributed by atoms with Crippen LogP contribution in [0, 0.1) is 6.92 Å². The maximum absolute atomic E-state index is 11.0. The van der Waals surface area contributed by atoms with E-state index < -0.39 is 5.91 Å². The third kappa shape index (κ3) is 4.11. The standard InChI is InChI=1S/C12H12N4O2/c1-8-3-4-10(5-6-12(18)15-16-13)7-11(8)14-9(2)17/h3-7H,1-2H3,(H,14,17). The normalized spacial score (nSPS) is 9.89. The number of carbonyl (C=O) groups is 2. The molecule has 0 aliphatic rings. The lowest BCUT2D eigenvalue weighted by Crippen LogP contribution is -2.07. The minimum Gasteiger partial charge on any atom is -0.326 e. The first kappa shape index (κ1) is 13.5. The van der Waals surface area contributed by atoms with E-state index in [9.17, 15) is 9.59 Å². The Labute approximate surface area is 104 Å². The molecule has 0 atom stereocenters. The van der Waals surface area contributed by atoms with E-state index in [0.717, 1.165) is 11.1 Å². The van der Waals surface area contributed by atoms with Crippen molar-refractivity contribution in [1.82, 2.24) is 0 Å². The zero-order chi connectivity index (χ0) is 13.5. The highest BCUT2D eigenvalue weighted by molar-refractivity contribution is 5.93. The number of amides is 2. The first-order valence-electron chi connectivity index (χ1n) is 5.18. The summed E-state index contributed by atoms with van der Waals surface area (Å²) >= 11 is 0. The number of hydrogen-bond donors (Lipinski definition) is 1. The average molecular weight is 244 g/mol. The molecule has 1 aromatic carbocycles. The van der Waals surface area contributed by atoms with Gasteiger partial charge < -0.3 is 5.32 Å². The van der Waals surface area contributed by atoms with Gasteiger partial charge in [-0.2, -0.15) is 0 Å². The number of azide groups is 1. The third-order valence-corrected chi connectivity index (χ3v) is 2.13. The molecule has 0 saturated carbocycles. The second-order valence-electron chi connectivity index (χ2n) is 3.62. The van der Waals surface area contributed by atoms with Gasteiger partial charge in [-0.3, -0.25) is 9.59 Å². The summed E-state index contributed by atoms with van der Waals surface area (Å²) in [6, 6.07) is 5.35. The Balaban J connectivity index is 2.94. The highest BCUT2D eigenvalue weighted by Crippen LogP contribution is 2.17. The summed E-state index contributed by atoms with van der Waals surface area (Å²) in [5, 5.41) is 5.60. The molecule has 0 aromatic heterocycles. The fraction of sp³-hybridized carbons (Fsp3) is 0.167. The van der Waals surface area contributed by atoms with Crippen molar-refractivity contribution in [1.29, 1.82) is 0 Å². The summed E-state index contributed by atoms with van der Waals surface area (Å²) in [5.74, 6) is -0.830. The van der Waals surface area contributed by atoms with Gasteiger partial charge in [-0.1, -0.05) is 18.2 Å². The Morgan fingerprint density at radius 2 is 2.17 bits per heavy atom. The van der Waals surface area contributed by atoms with Gasteiger partial charge in [0.05, 0.1) is 0 Å². The van der Waals surface area contributed by atoms with Crippen LogP contribution in [0.4, 0.5) is 5.69 Å². The van der Waals surface area contributed by atoms with Crippen LogP contribution >= 0.6 is 0 Å². The lowest BCUT2D eigenvalue weighted by atomic mass is 10.1. The summed E-state index contributed by atoms with van der Waals surface area (Å²) in [6.07, 6.45) is 2.68. The lowest BCUT2D eigenvalue weighted by molar-refractivity contribution is -0.114. The highest BCUT2D eigenvalue weighted by atomic mass is 16.2. The van der Waals surface area contributed by atoms with E-state index >= 15 is 0 Å². The molecule has 0 spiro atoms. The topological polar surface area (TPSA) is 94.9 Å². The zero-order valence-corrected chi connectivity index (χ0v) is 10.0. The van der Waals surface area contributed by atoms with Gasteiger partial charge in [0.2, 0.25) is 11.8 Å². The Bertz CT molecular complexity index is 557. The van der Waals surface area contributed by atoms with Gasteiger partial charge in [-0.05, 0) is 40.8 Å². The number of nitrogens with zero attached hydrogens (tertiary/aromatic N) is 3. The van der Waals surface area contributed by atoms with Crippen LogP contribution in [-0.2, 0) is 9.59 Å². The molecule has 1 N–H and O–H groups in total. The van der Waals surface area contributed by atoms with Crippen LogP contribution in [0.2, 0.25) is 0 Å². The molecule has 0 fully saturated rings. The maximum atomic E-state index is 11.0. The molecular formula is C12H12N4O2. The Hall–Kier alpha value is -2.59. The summed E-state index contributed by atoms with van der Waals surface area (Å²) in [5.41, 5.74) is 10.4. The monoisotopic (exact) mass is 244 g/mol. The van der Waals surface area contributed by atoms with Crippen LogP contribution in [0.5, 0.6) is 0 Å². The summed E-state index contributed by atoms with van der Waals surface area (Å²) in [7, 11) is 0. The van der Waals surface area contributed by atoms with Gasteiger partial charge in [-0.15, -0.1) is 0 Å². The van der Waals surface area contributed by atoms with E-state index in [-0.39, 0.29) is 5.91 Å². The number of nitrogens with one attached hydrogen (secondary N) is 1. The van der Waals surface area contributed by atoms with Crippen molar-refractivity contribution in [2.24, 2.45) is 5.11 Å². The van der Waals surface area contributed by atoms with Crippen LogP contribution in [0.25, 0.3) is 16.5 Å². The second kappa shape index (κ2) is 6.22. The SMILES string of the molecule is CC(=O)Nc1cc(C=CC(=O)N=[N+]=[N-])ccc1C. The van der Waals surface area contributed by atoms with Crippen molar-refractivity contribution in [2.45, 2.75) is 13.8 Å². The molecule has 0 aliphatic carbocycles. The van der Waals surface area contributed by atoms with Crippen molar-refractivity contribution < 1.29 is 9.59 Å². The van der Waals surface area contributed by atoms with Crippen molar-refractivity contribution in [2.75, 3.05) is 5.32 Å². The minimum atomic E-state index is -0.667. The van der Waals surface area contributed by atoms with Gasteiger partial charge in [-0.25, -0.2) is 0 Å². The molecule has 18 heavy (non-hydrogen) atoms. The molecule has 1 aromatic rings. The van der Waals surface area contributed by atoms with Gasteiger partial charge in [0.15, 0.2) is 0 Å². The van der Waals surface area contributed by atoms with Crippen LogP contribution in [-0.4, -0.2) is 11.8 Å². The largest absolute Gasteiger partial charge is 0.326 e. The average Bonchev–Trinajstić information content (AvgIpc) is 2.30. The van der Waals surface area contributed by atoms with Gasteiger partial charge in [0, 0.05) is 17.5 Å². The van der Waals surface area contributed by atoms with E-state index in [1.165, 1.54) is 19.1 Å². The van der Waals surface area contributed by atoms with Crippen LogP contribution in [0.15, 0.2) is 29.4 Å². The highest BCUT2D eigenvalue weighted by Gasteiger charge is 2.01. The number of aryl methyl sites for hydroxylation is 1. The molecule has 6 heteroatoms. The van der Waals surface area contributed by atoms with Crippen molar-refractivity contribution >= 4 is 23.6 Å². The number of hydrogen-bond acceptors (Lipinski definition) is 2. The lowest BCUT2D eigenvalue weighted by Gasteiger charge is -2.07.